The minimum Gasteiger partial charge on any atom is -0.490 e. The number of amides is 1. The lowest BCUT2D eigenvalue weighted by Gasteiger charge is -2.31. The van der Waals surface area contributed by atoms with E-state index in [4.69, 9.17) is 28.6 Å². The molecule has 8 heteroatoms. The summed E-state index contributed by atoms with van der Waals surface area (Å²) in [4.78, 5) is 23.0. The predicted molar refractivity (Wildman–Crippen MR) is 143 cm³/mol. The van der Waals surface area contributed by atoms with Crippen molar-refractivity contribution in [3.05, 3.63) is 88.5 Å². The van der Waals surface area contributed by atoms with Gasteiger partial charge in [0.05, 0.1) is 5.69 Å². The number of thiocarbonyl (C=S) groups is 1. The van der Waals surface area contributed by atoms with Gasteiger partial charge in [-0.2, -0.15) is 0 Å². The van der Waals surface area contributed by atoms with E-state index in [9.17, 15) is 4.79 Å². The number of carbonyl (C=O) groups excluding carboxylic acids is 1. The first-order valence-electron chi connectivity index (χ1n) is 11.5. The van der Waals surface area contributed by atoms with E-state index in [0.29, 0.717) is 41.1 Å². The zero-order valence-corrected chi connectivity index (χ0v) is 21.1. The molecule has 3 aromatic rings. The fraction of sp³-hybridized carbons (Fsp3) is 0.259. The van der Waals surface area contributed by atoms with Crippen molar-refractivity contribution in [2.24, 2.45) is 0 Å². The number of piperidine rings is 1. The van der Waals surface area contributed by atoms with Crippen LogP contribution in [0, 0.1) is 0 Å². The molecule has 0 saturated carbocycles. The summed E-state index contributed by atoms with van der Waals surface area (Å²) in [5.74, 6) is 0.810. The first kappa shape index (κ1) is 24.8. The van der Waals surface area contributed by atoms with Crippen molar-refractivity contribution in [2.45, 2.75) is 32.4 Å². The van der Waals surface area contributed by atoms with Crippen molar-refractivity contribution in [1.82, 2.24) is 20.2 Å². The number of benzene rings is 1. The van der Waals surface area contributed by atoms with Gasteiger partial charge < -0.3 is 15.0 Å². The number of carbonyl (C=O) groups is 1. The molecule has 1 aliphatic rings. The number of nitrogens with one attached hydrogen (secondary N) is 1. The fourth-order valence-corrected chi connectivity index (χ4v) is 4.10. The molecule has 1 fully saturated rings. The minimum atomic E-state index is 0.0125. The molecule has 2 aromatic heterocycles. The SMILES string of the molecule is CC(=O)N1CCC(Oc2cc(C(=S)NCc3ccc(Cl)cc3)ncc2/C=C\c2ccccn2)CC1. The topological polar surface area (TPSA) is 67.3 Å². The van der Waals surface area contributed by atoms with E-state index in [0.717, 1.165) is 29.7 Å². The maximum Gasteiger partial charge on any atom is 0.219 e. The summed E-state index contributed by atoms with van der Waals surface area (Å²) in [5, 5.41) is 3.96. The number of aromatic nitrogens is 2. The molecule has 0 spiro atoms. The van der Waals surface area contributed by atoms with Crippen molar-refractivity contribution >= 4 is 46.9 Å². The van der Waals surface area contributed by atoms with Crippen LogP contribution in [-0.2, 0) is 11.3 Å². The fourth-order valence-electron chi connectivity index (χ4n) is 3.79. The van der Waals surface area contributed by atoms with E-state index in [1.54, 1.807) is 19.3 Å². The summed E-state index contributed by atoms with van der Waals surface area (Å²) < 4.78 is 6.42. The molecule has 0 unspecified atom stereocenters. The molecule has 0 aliphatic carbocycles. The van der Waals surface area contributed by atoms with Gasteiger partial charge >= 0.3 is 0 Å². The van der Waals surface area contributed by atoms with Gasteiger partial charge in [-0.3, -0.25) is 14.8 Å². The number of hydrogen-bond acceptors (Lipinski definition) is 5. The average molecular weight is 507 g/mol. The number of rotatable bonds is 7. The van der Waals surface area contributed by atoms with Crippen LogP contribution in [0.1, 0.15) is 42.3 Å². The lowest BCUT2D eigenvalue weighted by atomic mass is 10.1. The van der Waals surface area contributed by atoms with Gasteiger partial charge in [0.25, 0.3) is 0 Å². The number of nitrogens with zero attached hydrogens (tertiary/aromatic N) is 3. The van der Waals surface area contributed by atoms with Crippen molar-refractivity contribution in [3.63, 3.8) is 0 Å². The Bertz CT molecular complexity index is 1190. The normalized spacial score (nSPS) is 14.2. The van der Waals surface area contributed by atoms with Gasteiger partial charge in [0.2, 0.25) is 5.91 Å². The van der Waals surface area contributed by atoms with Gasteiger partial charge in [-0.1, -0.05) is 42.0 Å². The quantitative estimate of drug-likeness (QED) is 0.447. The summed E-state index contributed by atoms with van der Waals surface area (Å²) >= 11 is 11.6. The van der Waals surface area contributed by atoms with Crippen LogP contribution < -0.4 is 10.1 Å². The second kappa shape index (κ2) is 11.9. The molecule has 1 N–H and O–H groups in total. The molecule has 1 saturated heterocycles. The van der Waals surface area contributed by atoms with Crippen LogP contribution in [0.3, 0.4) is 0 Å². The zero-order valence-electron chi connectivity index (χ0n) is 19.5. The van der Waals surface area contributed by atoms with Crippen LogP contribution >= 0.6 is 23.8 Å². The third kappa shape index (κ3) is 7.10. The van der Waals surface area contributed by atoms with Crippen LogP contribution in [-0.4, -0.2) is 45.0 Å². The van der Waals surface area contributed by atoms with Crippen LogP contribution in [0.5, 0.6) is 5.75 Å². The Balaban J connectivity index is 1.51. The van der Waals surface area contributed by atoms with E-state index in [2.05, 4.69) is 15.3 Å². The molecule has 1 amide bonds. The molecule has 0 atom stereocenters. The van der Waals surface area contributed by atoms with Crippen molar-refractivity contribution < 1.29 is 9.53 Å². The molecule has 0 radical (unpaired) electrons. The number of likely N-dealkylation sites (tertiary alicyclic amines) is 1. The Labute approximate surface area is 216 Å². The van der Waals surface area contributed by atoms with E-state index >= 15 is 0 Å². The second-order valence-corrected chi connectivity index (χ2v) is 9.17. The van der Waals surface area contributed by atoms with Gasteiger partial charge in [-0.05, 0) is 42.0 Å². The zero-order chi connectivity index (χ0) is 24.6. The van der Waals surface area contributed by atoms with E-state index in [1.165, 1.54) is 0 Å². The van der Waals surface area contributed by atoms with Crippen LogP contribution in [0.2, 0.25) is 5.02 Å². The predicted octanol–water partition coefficient (Wildman–Crippen LogP) is 5.16. The molecular weight excluding hydrogens is 480 g/mol. The maximum atomic E-state index is 11.7. The van der Waals surface area contributed by atoms with Crippen molar-refractivity contribution in [3.8, 4) is 5.75 Å². The average Bonchev–Trinajstić information content (AvgIpc) is 2.88. The minimum absolute atomic E-state index is 0.0125. The Morgan fingerprint density at radius 1 is 1.17 bits per heavy atom. The highest BCUT2D eigenvalue weighted by molar-refractivity contribution is 7.80. The largest absolute Gasteiger partial charge is 0.490 e. The second-order valence-electron chi connectivity index (χ2n) is 8.33. The summed E-state index contributed by atoms with van der Waals surface area (Å²) in [6, 6.07) is 15.3. The maximum absolute atomic E-state index is 11.7. The lowest BCUT2D eigenvalue weighted by Crippen LogP contribution is -2.40. The molecule has 6 nitrogen and oxygen atoms in total. The Morgan fingerprint density at radius 3 is 2.63 bits per heavy atom. The molecular formula is C27H27ClN4O2S. The highest BCUT2D eigenvalue weighted by Crippen LogP contribution is 2.26. The Morgan fingerprint density at radius 2 is 1.94 bits per heavy atom. The van der Waals surface area contributed by atoms with Crippen molar-refractivity contribution in [2.75, 3.05) is 13.1 Å². The first-order valence-corrected chi connectivity index (χ1v) is 12.3. The summed E-state index contributed by atoms with van der Waals surface area (Å²) in [6.45, 7) is 3.56. The number of hydrogen-bond donors (Lipinski definition) is 1. The molecule has 35 heavy (non-hydrogen) atoms. The van der Waals surface area contributed by atoms with Gasteiger partial charge in [0.15, 0.2) is 0 Å². The number of halogens is 1. The van der Waals surface area contributed by atoms with Gasteiger partial charge in [0, 0.05) is 68.4 Å². The monoisotopic (exact) mass is 506 g/mol. The Kier molecular flexibility index (Phi) is 8.45. The smallest absolute Gasteiger partial charge is 0.219 e. The molecule has 1 aliphatic heterocycles. The number of pyridine rings is 2. The molecule has 1 aromatic carbocycles. The van der Waals surface area contributed by atoms with Crippen LogP contribution in [0.25, 0.3) is 12.2 Å². The lowest BCUT2D eigenvalue weighted by molar-refractivity contribution is -0.130. The van der Waals surface area contributed by atoms with E-state index in [1.807, 2.05) is 65.6 Å². The highest BCUT2D eigenvalue weighted by atomic mass is 35.5. The van der Waals surface area contributed by atoms with Crippen LogP contribution in [0.4, 0.5) is 0 Å². The van der Waals surface area contributed by atoms with Gasteiger partial charge in [0.1, 0.15) is 22.5 Å². The molecule has 180 valence electrons. The molecule has 3 heterocycles. The molecule has 0 bridgehead atoms. The highest BCUT2D eigenvalue weighted by Gasteiger charge is 2.23. The van der Waals surface area contributed by atoms with Gasteiger partial charge in [-0.15, -0.1) is 0 Å². The summed E-state index contributed by atoms with van der Waals surface area (Å²) in [6.07, 6.45) is 8.97. The van der Waals surface area contributed by atoms with E-state index < -0.39 is 0 Å². The summed E-state index contributed by atoms with van der Waals surface area (Å²) in [5.41, 5.74) is 3.40. The Hall–Kier alpha value is -3.29. The van der Waals surface area contributed by atoms with Gasteiger partial charge in [-0.25, -0.2) is 0 Å². The first-order chi connectivity index (χ1) is 17.0. The third-order valence-electron chi connectivity index (χ3n) is 5.80. The number of ether oxygens (including phenoxy) is 1. The molecule has 4 rings (SSSR count). The standard InChI is InChI=1S/C27H27ClN4O2S/c1-19(33)32-14-11-24(12-15-32)34-26-16-25(27(35)31-17-20-5-8-22(28)9-6-20)30-18-21(26)7-10-23-4-2-3-13-29-23/h2-10,13,16,18,24H,11-12,14-15,17H2,1H3,(H,31,35)/b10-7-. The van der Waals surface area contributed by atoms with Crippen molar-refractivity contribution in [1.29, 1.82) is 0 Å². The van der Waals surface area contributed by atoms with Crippen LogP contribution in [0.15, 0.2) is 60.9 Å². The summed E-state index contributed by atoms with van der Waals surface area (Å²) in [7, 11) is 0. The van der Waals surface area contributed by atoms with E-state index in [-0.39, 0.29) is 12.0 Å². The third-order valence-corrected chi connectivity index (χ3v) is 6.40.